The molecule has 1 amide bonds. The summed E-state index contributed by atoms with van der Waals surface area (Å²) in [6.45, 7) is 0. The molecule has 2 aromatic carbocycles. The molecular formula is C14H10ClN3OS. The second kappa shape index (κ2) is 5.20. The third-order valence-electron chi connectivity index (χ3n) is 2.85. The number of nitrogens with one attached hydrogen (secondary N) is 1. The zero-order chi connectivity index (χ0) is 14.1. The Labute approximate surface area is 124 Å². The van der Waals surface area contributed by atoms with Gasteiger partial charge in [0.15, 0.2) is 0 Å². The van der Waals surface area contributed by atoms with Gasteiger partial charge in [-0.3, -0.25) is 10.2 Å². The van der Waals surface area contributed by atoms with Crippen LogP contribution in [0.5, 0.6) is 0 Å². The van der Waals surface area contributed by atoms with Crippen LogP contribution in [0.1, 0.15) is 10.4 Å². The van der Waals surface area contributed by atoms with E-state index in [0.717, 1.165) is 20.8 Å². The summed E-state index contributed by atoms with van der Waals surface area (Å²) in [6, 6.07) is 12.8. The van der Waals surface area contributed by atoms with Crippen LogP contribution in [0.4, 0.5) is 0 Å². The van der Waals surface area contributed by atoms with Crippen LogP contribution in [0.15, 0.2) is 42.5 Å². The van der Waals surface area contributed by atoms with Gasteiger partial charge >= 0.3 is 0 Å². The van der Waals surface area contributed by atoms with Gasteiger partial charge in [-0.05, 0) is 30.3 Å². The Hall–Kier alpha value is -1.95. The fraction of sp³-hybridized carbons (Fsp3) is 0. The van der Waals surface area contributed by atoms with E-state index in [1.165, 1.54) is 11.3 Å². The quantitative estimate of drug-likeness (QED) is 0.434. The number of hydrogen-bond donors (Lipinski definition) is 2. The summed E-state index contributed by atoms with van der Waals surface area (Å²) in [7, 11) is 0. The number of benzene rings is 2. The Morgan fingerprint density at radius 3 is 2.85 bits per heavy atom. The van der Waals surface area contributed by atoms with Crippen molar-refractivity contribution in [3.8, 4) is 10.6 Å². The first kappa shape index (κ1) is 13.1. The second-order valence-corrected chi connectivity index (χ2v) is 5.65. The number of aromatic nitrogens is 1. The molecule has 20 heavy (non-hydrogen) atoms. The molecule has 0 saturated heterocycles. The third kappa shape index (κ3) is 2.38. The van der Waals surface area contributed by atoms with Crippen molar-refractivity contribution >= 4 is 39.1 Å². The van der Waals surface area contributed by atoms with E-state index in [9.17, 15) is 4.79 Å². The lowest BCUT2D eigenvalue weighted by atomic mass is 10.2. The van der Waals surface area contributed by atoms with Gasteiger partial charge in [0.05, 0.1) is 10.2 Å². The average molecular weight is 304 g/mol. The van der Waals surface area contributed by atoms with Gasteiger partial charge in [0.1, 0.15) is 5.01 Å². The van der Waals surface area contributed by atoms with Crippen LogP contribution >= 0.6 is 22.9 Å². The molecule has 1 aromatic heterocycles. The average Bonchev–Trinajstić information content (AvgIpc) is 2.89. The van der Waals surface area contributed by atoms with Gasteiger partial charge in [0, 0.05) is 16.1 Å². The summed E-state index contributed by atoms with van der Waals surface area (Å²) >= 11 is 7.50. The van der Waals surface area contributed by atoms with E-state index in [1.807, 2.05) is 30.3 Å². The number of carbonyl (C=O) groups excluding carboxylic acids is 1. The Kier molecular flexibility index (Phi) is 3.40. The minimum atomic E-state index is -0.315. The Bertz CT molecular complexity index is 800. The first-order chi connectivity index (χ1) is 9.67. The van der Waals surface area contributed by atoms with Crippen molar-refractivity contribution in [2.45, 2.75) is 0 Å². The number of hydrogen-bond acceptors (Lipinski definition) is 4. The van der Waals surface area contributed by atoms with Crippen LogP contribution in [0, 0.1) is 0 Å². The van der Waals surface area contributed by atoms with Crippen LogP contribution in [-0.4, -0.2) is 10.9 Å². The number of hydrazine groups is 1. The number of amides is 1. The molecule has 0 saturated carbocycles. The smallest absolute Gasteiger partial charge is 0.265 e. The number of thiazole rings is 1. The van der Waals surface area contributed by atoms with Crippen molar-refractivity contribution in [2.24, 2.45) is 5.84 Å². The fourth-order valence-corrected chi connectivity index (χ4v) is 3.09. The highest BCUT2D eigenvalue weighted by atomic mass is 35.5. The second-order valence-electron chi connectivity index (χ2n) is 4.19. The molecule has 3 aromatic rings. The number of rotatable bonds is 2. The summed E-state index contributed by atoms with van der Waals surface area (Å²) in [5.41, 5.74) is 4.44. The lowest BCUT2D eigenvalue weighted by Gasteiger charge is -1.97. The van der Waals surface area contributed by atoms with E-state index in [-0.39, 0.29) is 5.91 Å². The van der Waals surface area contributed by atoms with Crippen molar-refractivity contribution < 1.29 is 4.79 Å². The van der Waals surface area contributed by atoms with Gasteiger partial charge in [0.2, 0.25) is 0 Å². The zero-order valence-corrected chi connectivity index (χ0v) is 11.8. The van der Waals surface area contributed by atoms with Gasteiger partial charge in [-0.2, -0.15) is 0 Å². The number of fused-ring (bicyclic) bond motifs is 1. The summed E-state index contributed by atoms with van der Waals surface area (Å²) in [5, 5.41) is 1.54. The molecule has 1 heterocycles. The predicted molar refractivity (Wildman–Crippen MR) is 81.7 cm³/mol. The maximum Gasteiger partial charge on any atom is 0.265 e. The molecule has 0 radical (unpaired) electrons. The van der Waals surface area contributed by atoms with Gasteiger partial charge < -0.3 is 0 Å². The lowest BCUT2D eigenvalue weighted by Crippen LogP contribution is -2.29. The summed E-state index contributed by atoms with van der Waals surface area (Å²) in [5.74, 6) is 4.82. The van der Waals surface area contributed by atoms with Crippen LogP contribution in [-0.2, 0) is 0 Å². The Morgan fingerprint density at radius 1 is 1.25 bits per heavy atom. The van der Waals surface area contributed by atoms with Crippen molar-refractivity contribution in [1.82, 2.24) is 10.4 Å². The molecular weight excluding hydrogens is 294 g/mol. The van der Waals surface area contributed by atoms with Crippen LogP contribution in [0.2, 0.25) is 5.02 Å². The van der Waals surface area contributed by atoms with E-state index < -0.39 is 0 Å². The first-order valence-electron chi connectivity index (χ1n) is 5.85. The molecule has 3 N–H and O–H groups in total. The van der Waals surface area contributed by atoms with E-state index in [0.29, 0.717) is 10.6 Å². The molecule has 100 valence electrons. The van der Waals surface area contributed by atoms with Crippen LogP contribution in [0.25, 0.3) is 20.8 Å². The fourth-order valence-electron chi connectivity index (χ4n) is 1.89. The van der Waals surface area contributed by atoms with Crippen molar-refractivity contribution in [3.05, 3.63) is 53.1 Å². The molecule has 0 atom stereocenters. The Morgan fingerprint density at radius 2 is 2.10 bits per heavy atom. The topological polar surface area (TPSA) is 68.0 Å². The maximum absolute atomic E-state index is 11.5. The molecule has 4 nitrogen and oxygen atoms in total. The monoisotopic (exact) mass is 303 g/mol. The highest BCUT2D eigenvalue weighted by Gasteiger charge is 2.10. The van der Waals surface area contributed by atoms with Gasteiger partial charge in [-0.25, -0.2) is 10.8 Å². The third-order valence-corrected chi connectivity index (χ3v) is 4.16. The summed E-state index contributed by atoms with van der Waals surface area (Å²) in [6.07, 6.45) is 0. The van der Waals surface area contributed by atoms with Gasteiger partial charge in [-0.1, -0.05) is 23.7 Å². The largest absolute Gasteiger partial charge is 0.290 e. The van der Waals surface area contributed by atoms with E-state index in [2.05, 4.69) is 10.4 Å². The highest BCUT2D eigenvalue weighted by molar-refractivity contribution is 7.21. The molecule has 0 fully saturated rings. The SMILES string of the molecule is NNC(=O)c1ccc2nc(-c3cccc(Cl)c3)sc2c1. The maximum atomic E-state index is 11.5. The van der Waals surface area contributed by atoms with Crippen molar-refractivity contribution in [2.75, 3.05) is 0 Å². The normalized spacial score (nSPS) is 10.7. The number of halogens is 1. The highest BCUT2D eigenvalue weighted by Crippen LogP contribution is 2.31. The number of carbonyl (C=O) groups is 1. The van der Waals surface area contributed by atoms with Crippen LogP contribution < -0.4 is 11.3 Å². The Balaban J connectivity index is 2.09. The summed E-state index contributed by atoms with van der Waals surface area (Å²) < 4.78 is 0.932. The first-order valence-corrected chi connectivity index (χ1v) is 7.04. The zero-order valence-electron chi connectivity index (χ0n) is 10.3. The molecule has 0 bridgehead atoms. The molecule has 6 heteroatoms. The van der Waals surface area contributed by atoms with Crippen molar-refractivity contribution in [1.29, 1.82) is 0 Å². The minimum Gasteiger partial charge on any atom is -0.290 e. The predicted octanol–water partition coefficient (Wildman–Crippen LogP) is 3.22. The molecule has 0 aliphatic heterocycles. The minimum absolute atomic E-state index is 0.315. The number of nitrogen functional groups attached to an aromatic ring is 1. The van der Waals surface area contributed by atoms with Crippen molar-refractivity contribution in [3.63, 3.8) is 0 Å². The molecule has 0 aliphatic rings. The standard InChI is InChI=1S/C14H10ClN3OS/c15-10-3-1-2-9(6-10)14-17-11-5-4-8(13(19)18-16)7-12(11)20-14/h1-7H,16H2,(H,18,19). The van der Waals surface area contributed by atoms with Gasteiger partial charge in [-0.15, -0.1) is 11.3 Å². The number of nitrogens with zero attached hydrogens (tertiary/aromatic N) is 1. The van der Waals surface area contributed by atoms with E-state index in [1.54, 1.807) is 12.1 Å². The van der Waals surface area contributed by atoms with E-state index >= 15 is 0 Å². The molecule has 3 rings (SSSR count). The van der Waals surface area contributed by atoms with Crippen LogP contribution in [0.3, 0.4) is 0 Å². The molecule has 0 spiro atoms. The summed E-state index contributed by atoms with van der Waals surface area (Å²) in [4.78, 5) is 16.1. The molecule has 0 aliphatic carbocycles. The van der Waals surface area contributed by atoms with Gasteiger partial charge in [0.25, 0.3) is 5.91 Å². The van der Waals surface area contributed by atoms with E-state index in [4.69, 9.17) is 17.4 Å². The number of nitrogens with two attached hydrogens (primary N) is 1. The lowest BCUT2D eigenvalue weighted by molar-refractivity contribution is 0.0954. The molecule has 0 unspecified atom stereocenters.